The fraction of sp³-hybridized carbons (Fsp3) is 0.188. The number of amides is 1. The number of carbonyl (C=O) groups excluding carboxylic acids is 1. The first-order valence-electron chi connectivity index (χ1n) is 6.42. The molecule has 1 N–H and O–H groups in total. The van der Waals surface area contributed by atoms with Gasteiger partial charge in [0.05, 0.1) is 12.5 Å². The van der Waals surface area contributed by atoms with Crippen molar-refractivity contribution in [2.24, 2.45) is 0 Å². The van der Waals surface area contributed by atoms with Crippen LogP contribution >= 0.6 is 0 Å². The zero-order valence-corrected chi connectivity index (χ0v) is 10.5. The van der Waals surface area contributed by atoms with Gasteiger partial charge in [0.15, 0.2) is 0 Å². The summed E-state index contributed by atoms with van der Waals surface area (Å²) in [6, 6.07) is 17.3. The fourth-order valence-corrected chi connectivity index (χ4v) is 2.37. The molecule has 3 nitrogen and oxygen atoms in total. The SMILES string of the molecule is O=C(Nc1ccccc1)C1CCOc2ccccc21. The molecule has 0 fully saturated rings. The Morgan fingerprint density at radius 2 is 1.79 bits per heavy atom. The fourth-order valence-electron chi connectivity index (χ4n) is 2.37. The van der Waals surface area contributed by atoms with Crippen LogP contribution in [0.1, 0.15) is 17.9 Å². The van der Waals surface area contributed by atoms with E-state index in [1.807, 2.05) is 54.6 Å². The molecular formula is C16H15NO2. The lowest BCUT2D eigenvalue weighted by molar-refractivity contribution is -0.118. The number of hydrogen-bond donors (Lipinski definition) is 1. The topological polar surface area (TPSA) is 38.3 Å². The lowest BCUT2D eigenvalue weighted by Gasteiger charge is -2.25. The predicted molar refractivity (Wildman–Crippen MR) is 74.4 cm³/mol. The van der Waals surface area contributed by atoms with Crippen LogP contribution in [0.4, 0.5) is 5.69 Å². The second-order valence-corrected chi connectivity index (χ2v) is 4.58. The number of carbonyl (C=O) groups is 1. The van der Waals surface area contributed by atoms with Gasteiger partial charge in [0, 0.05) is 11.3 Å². The van der Waals surface area contributed by atoms with Gasteiger partial charge in [0.25, 0.3) is 0 Å². The van der Waals surface area contributed by atoms with Crippen molar-refractivity contribution in [3.8, 4) is 5.75 Å². The van der Waals surface area contributed by atoms with Crippen LogP contribution < -0.4 is 10.1 Å². The van der Waals surface area contributed by atoms with Crippen LogP contribution in [0.5, 0.6) is 5.75 Å². The van der Waals surface area contributed by atoms with Gasteiger partial charge >= 0.3 is 0 Å². The molecule has 96 valence electrons. The summed E-state index contributed by atoms with van der Waals surface area (Å²) in [4.78, 5) is 12.4. The number of ether oxygens (including phenoxy) is 1. The van der Waals surface area contributed by atoms with E-state index in [1.54, 1.807) is 0 Å². The van der Waals surface area contributed by atoms with Crippen molar-refractivity contribution in [3.63, 3.8) is 0 Å². The van der Waals surface area contributed by atoms with Crippen molar-refractivity contribution in [1.82, 2.24) is 0 Å². The molecule has 0 aromatic heterocycles. The van der Waals surface area contributed by atoms with Crippen molar-refractivity contribution in [1.29, 1.82) is 0 Å². The molecule has 2 aromatic carbocycles. The normalized spacial score (nSPS) is 17.2. The van der Waals surface area contributed by atoms with Gasteiger partial charge in [-0.25, -0.2) is 0 Å². The third kappa shape index (κ3) is 2.45. The van der Waals surface area contributed by atoms with Gasteiger partial charge in [-0.1, -0.05) is 36.4 Å². The van der Waals surface area contributed by atoms with Gasteiger partial charge in [-0.3, -0.25) is 4.79 Å². The van der Waals surface area contributed by atoms with Crippen LogP contribution in [0, 0.1) is 0 Å². The Kier molecular flexibility index (Phi) is 3.19. The van der Waals surface area contributed by atoms with Gasteiger partial charge in [-0.2, -0.15) is 0 Å². The van der Waals surface area contributed by atoms with Crippen LogP contribution in [0.2, 0.25) is 0 Å². The summed E-state index contributed by atoms with van der Waals surface area (Å²) >= 11 is 0. The highest BCUT2D eigenvalue weighted by Gasteiger charge is 2.27. The van der Waals surface area contributed by atoms with Crippen molar-refractivity contribution in [2.45, 2.75) is 12.3 Å². The molecule has 1 atom stereocenters. The van der Waals surface area contributed by atoms with Gasteiger partial charge in [-0.15, -0.1) is 0 Å². The molecule has 0 aliphatic carbocycles. The minimum Gasteiger partial charge on any atom is -0.493 e. The van der Waals surface area contributed by atoms with Gasteiger partial charge in [0.1, 0.15) is 5.75 Å². The minimum atomic E-state index is -0.134. The zero-order chi connectivity index (χ0) is 13.1. The Bertz CT molecular complexity index is 580. The third-order valence-corrected chi connectivity index (χ3v) is 3.32. The van der Waals surface area contributed by atoms with E-state index >= 15 is 0 Å². The molecule has 0 spiro atoms. The van der Waals surface area contributed by atoms with Crippen LogP contribution in [0.25, 0.3) is 0 Å². The highest BCUT2D eigenvalue weighted by Crippen LogP contribution is 2.34. The van der Waals surface area contributed by atoms with Crippen molar-refractivity contribution in [2.75, 3.05) is 11.9 Å². The van der Waals surface area contributed by atoms with E-state index in [2.05, 4.69) is 5.32 Å². The second-order valence-electron chi connectivity index (χ2n) is 4.58. The molecule has 0 saturated heterocycles. The smallest absolute Gasteiger partial charge is 0.232 e. The highest BCUT2D eigenvalue weighted by molar-refractivity contribution is 5.96. The molecule has 19 heavy (non-hydrogen) atoms. The average molecular weight is 253 g/mol. The molecule has 1 amide bonds. The lowest BCUT2D eigenvalue weighted by atomic mass is 9.92. The average Bonchev–Trinajstić information content (AvgIpc) is 2.47. The summed E-state index contributed by atoms with van der Waals surface area (Å²) in [5.74, 6) is 0.717. The minimum absolute atomic E-state index is 0.0296. The molecule has 1 unspecified atom stereocenters. The maximum absolute atomic E-state index is 12.4. The molecular weight excluding hydrogens is 238 g/mol. The van der Waals surface area contributed by atoms with Gasteiger partial charge in [0.2, 0.25) is 5.91 Å². The quantitative estimate of drug-likeness (QED) is 0.892. The molecule has 1 aliphatic rings. The highest BCUT2D eigenvalue weighted by atomic mass is 16.5. The number of nitrogens with one attached hydrogen (secondary N) is 1. The maximum atomic E-state index is 12.4. The van der Waals surface area contributed by atoms with Crippen LogP contribution in [0.3, 0.4) is 0 Å². The second kappa shape index (κ2) is 5.14. The lowest BCUT2D eigenvalue weighted by Crippen LogP contribution is -2.26. The number of anilines is 1. The van der Waals surface area contributed by atoms with E-state index in [4.69, 9.17) is 4.74 Å². The summed E-state index contributed by atoms with van der Waals surface area (Å²) in [6.07, 6.45) is 0.718. The van der Waals surface area contributed by atoms with Gasteiger partial charge < -0.3 is 10.1 Å². The van der Waals surface area contributed by atoms with E-state index in [0.717, 1.165) is 23.4 Å². The molecule has 1 aliphatic heterocycles. The number of hydrogen-bond acceptors (Lipinski definition) is 2. The molecule has 2 aromatic rings. The number of benzene rings is 2. The Hall–Kier alpha value is -2.29. The largest absolute Gasteiger partial charge is 0.493 e. The maximum Gasteiger partial charge on any atom is 0.232 e. The monoisotopic (exact) mass is 253 g/mol. The first-order valence-corrected chi connectivity index (χ1v) is 6.42. The Labute approximate surface area is 112 Å². The number of rotatable bonds is 2. The Morgan fingerprint density at radius 1 is 1.05 bits per heavy atom. The summed E-state index contributed by atoms with van der Waals surface area (Å²) in [7, 11) is 0. The van der Waals surface area contributed by atoms with E-state index < -0.39 is 0 Å². The first kappa shape index (κ1) is 11.8. The standard InChI is InChI=1S/C16H15NO2/c18-16(17-12-6-2-1-3-7-12)14-10-11-19-15-9-5-4-8-13(14)15/h1-9,14H,10-11H2,(H,17,18). The Balaban J connectivity index is 1.82. The van der Waals surface area contributed by atoms with E-state index in [1.165, 1.54) is 0 Å². The van der Waals surface area contributed by atoms with Gasteiger partial charge in [-0.05, 0) is 24.6 Å². The number of para-hydroxylation sites is 2. The van der Waals surface area contributed by atoms with E-state index in [-0.39, 0.29) is 11.8 Å². The molecule has 3 heteroatoms. The summed E-state index contributed by atoms with van der Waals surface area (Å²) in [5.41, 5.74) is 1.80. The summed E-state index contributed by atoms with van der Waals surface area (Å²) in [5, 5.41) is 2.96. The van der Waals surface area contributed by atoms with E-state index in [0.29, 0.717) is 6.61 Å². The molecule has 0 radical (unpaired) electrons. The van der Waals surface area contributed by atoms with Crippen molar-refractivity contribution >= 4 is 11.6 Å². The molecule has 0 saturated carbocycles. The van der Waals surface area contributed by atoms with Crippen molar-refractivity contribution in [3.05, 3.63) is 60.2 Å². The number of fused-ring (bicyclic) bond motifs is 1. The van der Waals surface area contributed by atoms with Crippen molar-refractivity contribution < 1.29 is 9.53 Å². The molecule has 1 heterocycles. The summed E-state index contributed by atoms with van der Waals surface area (Å²) < 4.78 is 5.57. The van der Waals surface area contributed by atoms with Crippen LogP contribution in [0.15, 0.2) is 54.6 Å². The Morgan fingerprint density at radius 3 is 2.63 bits per heavy atom. The van der Waals surface area contributed by atoms with Crippen LogP contribution in [-0.2, 0) is 4.79 Å². The molecule has 0 bridgehead atoms. The van der Waals surface area contributed by atoms with Crippen LogP contribution in [-0.4, -0.2) is 12.5 Å². The molecule has 3 rings (SSSR count). The zero-order valence-electron chi connectivity index (χ0n) is 10.5. The van der Waals surface area contributed by atoms with E-state index in [9.17, 15) is 4.79 Å². The third-order valence-electron chi connectivity index (χ3n) is 3.32. The predicted octanol–water partition coefficient (Wildman–Crippen LogP) is 3.19. The summed E-state index contributed by atoms with van der Waals surface area (Å²) in [6.45, 7) is 0.587. The first-order chi connectivity index (χ1) is 9.34.